The molecule has 0 fully saturated rings. The Kier molecular flexibility index (Phi) is 4.12. The van der Waals surface area contributed by atoms with E-state index in [-0.39, 0.29) is 17.7 Å². The number of hydrogen-bond acceptors (Lipinski definition) is 3. The van der Waals surface area contributed by atoms with Gasteiger partial charge in [-0.15, -0.1) is 0 Å². The number of nitrogens with zero attached hydrogens (tertiary/aromatic N) is 1. The summed E-state index contributed by atoms with van der Waals surface area (Å²) in [4.78, 5) is 10.6. The van der Waals surface area contributed by atoms with Crippen LogP contribution >= 0.6 is 0 Å². The second kappa shape index (κ2) is 5.37. The molecule has 6 heteroatoms. The average Bonchev–Trinajstić information content (AvgIpc) is 2.28. The summed E-state index contributed by atoms with van der Waals surface area (Å²) in [5.74, 6) is -1.26. The maximum absolute atomic E-state index is 12.8. The minimum absolute atomic E-state index is 0.0156. The molecule has 0 aromatic heterocycles. The third kappa shape index (κ3) is 2.98. The van der Waals surface area contributed by atoms with Crippen molar-refractivity contribution in [2.24, 2.45) is 5.73 Å². The first-order valence-electron chi connectivity index (χ1n) is 4.75. The van der Waals surface area contributed by atoms with E-state index in [2.05, 4.69) is 0 Å². The van der Waals surface area contributed by atoms with Crippen molar-refractivity contribution < 1.29 is 18.7 Å². The van der Waals surface area contributed by atoms with Crippen LogP contribution in [-0.2, 0) is 17.8 Å². The molecular formula is C11H10F2N2O2. The highest BCUT2D eigenvalue weighted by molar-refractivity contribution is 5.72. The van der Waals surface area contributed by atoms with Gasteiger partial charge in [0.25, 0.3) is 6.43 Å². The number of nitrogens with two attached hydrogens (primary N) is 1. The lowest BCUT2D eigenvalue weighted by molar-refractivity contribution is -0.136. The predicted molar refractivity (Wildman–Crippen MR) is 55.3 cm³/mol. The third-order valence-corrected chi connectivity index (χ3v) is 2.26. The van der Waals surface area contributed by atoms with Crippen LogP contribution in [0.4, 0.5) is 8.78 Å². The Labute approximate surface area is 96.3 Å². The summed E-state index contributed by atoms with van der Waals surface area (Å²) in [6, 6.07) is 4.20. The molecule has 0 atom stereocenters. The first-order chi connectivity index (χ1) is 7.99. The van der Waals surface area contributed by atoms with E-state index in [9.17, 15) is 13.6 Å². The van der Waals surface area contributed by atoms with Gasteiger partial charge in [-0.1, -0.05) is 0 Å². The van der Waals surface area contributed by atoms with E-state index in [4.69, 9.17) is 16.1 Å². The first-order valence-corrected chi connectivity index (χ1v) is 4.75. The fourth-order valence-corrected chi connectivity index (χ4v) is 1.52. The van der Waals surface area contributed by atoms with Crippen LogP contribution in [0.25, 0.3) is 0 Å². The van der Waals surface area contributed by atoms with E-state index in [1.165, 1.54) is 6.07 Å². The first kappa shape index (κ1) is 13.1. The number of nitriles is 1. The molecule has 17 heavy (non-hydrogen) atoms. The Morgan fingerprint density at radius 1 is 1.53 bits per heavy atom. The lowest BCUT2D eigenvalue weighted by atomic mass is 9.96. The summed E-state index contributed by atoms with van der Waals surface area (Å²) < 4.78 is 25.5. The molecule has 1 rings (SSSR count). The van der Waals surface area contributed by atoms with Crippen LogP contribution in [0, 0.1) is 11.3 Å². The van der Waals surface area contributed by atoms with Gasteiger partial charge in [0.1, 0.15) is 0 Å². The normalized spacial score (nSPS) is 10.3. The molecular weight excluding hydrogens is 230 g/mol. The van der Waals surface area contributed by atoms with E-state index in [1.807, 2.05) is 0 Å². The van der Waals surface area contributed by atoms with E-state index in [0.29, 0.717) is 5.56 Å². The van der Waals surface area contributed by atoms with Gasteiger partial charge in [-0.25, -0.2) is 8.78 Å². The average molecular weight is 240 g/mol. The summed E-state index contributed by atoms with van der Waals surface area (Å²) >= 11 is 0. The van der Waals surface area contributed by atoms with Gasteiger partial charge in [-0.05, 0) is 23.3 Å². The van der Waals surface area contributed by atoms with Crippen LogP contribution in [0.15, 0.2) is 12.1 Å². The lowest BCUT2D eigenvalue weighted by Crippen LogP contribution is -2.09. The van der Waals surface area contributed by atoms with Crippen LogP contribution in [-0.4, -0.2) is 11.1 Å². The van der Waals surface area contributed by atoms with E-state index in [0.717, 1.165) is 6.07 Å². The minimum atomic E-state index is -2.83. The molecule has 0 bridgehead atoms. The SMILES string of the molecule is N#Cc1cc(CN)cc(C(F)F)c1CC(=O)O. The van der Waals surface area contributed by atoms with Crippen molar-refractivity contribution in [2.75, 3.05) is 0 Å². The van der Waals surface area contributed by atoms with Crippen LogP contribution in [0.1, 0.15) is 28.7 Å². The Balaban J connectivity index is 3.42. The van der Waals surface area contributed by atoms with Crippen LogP contribution in [0.2, 0.25) is 0 Å². The van der Waals surface area contributed by atoms with Gasteiger partial charge in [-0.3, -0.25) is 4.79 Å². The van der Waals surface area contributed by atoms with Gasteiger partial charge >= 0.3 is 5.97 Å². The molecule has 0 radical (unpaired) electrons. The van der Waals surface area contributed by atoms with Crippen molar-refractivity contribution in [3.8, 4) is 6.07 Å². The van der Waals surface area contributed by atoms with Gasteiger partial charge in [-0.2, -0.15) is 5.26 Å². The fourth-order valence-electron chi connectivity index (χ4n) is 1.52. The highest BCUT2D eigenvalue weighted by atomic mass is 19.3. The van der Waals surface area contributed by atoms with E-state index < -0.39 is 24.4 Å². The van der Waals surface area contributed by atoms with Gasteiger partial charge in [0, 0.05) is 12.1 Å². The minimum Gasteiger partial charge on any atom is -0.481 e. The highest BCUT2D eigenvalue weighted by Crippen LogP contribution is 2.27. The second-order valence-electron chi connectivity index (χ2n) is 3.40. The number of rotatable bonds is 4. The van der Waals surface area contributed by atoms with Gasteiger partial charge in [0.15, 0.2) is 0 Å². The standard InChI is InChI=1S/C11H10F2N2O2/c12-11(13)9-2-6(4-14)1-7(5-15)8(9)3-10(16)17/h1-2,11H,3-4,14H2,(H,16,17). The lowest BCUT2D eigenvalue weighted by Gasteiger charge is -2.11. The van der Waals surface area contributed by atoms with Crippen LogP contribution in [0.3, 0.4) is 0 Å². The molecule has 3 N–H and O–H groups in total. The zero-order chi connectivity index (χ0) is 13.0. The number of carboxylic acid groups (broad SMARTS) is 1. The number of carbonyl (C=O) groups is 1. The summed E-state index contributed by atoms with van der Waals surface area (Å²) in [5, 5.41) is 17.5. The number of alkyl halides is 2. The van der Waals surface area contributed by atoms with E-state index in [1.54, 1.807) is 6.07 Å². The van der Waals surface area contributed by atoms with Crippen LogP contribution < -0.4 is 5.73 Å². The zero-order valence-corrected chi connectivity index (χ0v) is 8.78. The van der Waals surface area contributed by atoms with E-state index >= 15 is 0 Å². The Morgan fingerprint density at radius 3 is 2.59 bits per heavy atom. The third-order valence-electron chi connectivity index (χ3n) is 2.26. The summed E-state index contributed by atoms with van der Waals surface area (Å²) in [7, 11) is 0. The van der Waals surface area contributed by atoms with Crippen molar-refractivity contribution in [2.45, 2.75) is 19.4 Å². The highest BCUT2D eigenvalue weighted by Gasteiger charge is 2.19. The number of aliphatic carboxylic acids is 1. The van der Waals surface area contributed by atoms with Crippen LogP contribution in [0.5, 0.6) is 0 Å². The zero-order valence-electron chi connectivity index (χ0n) is 8.78. The smallest absolute Gasteiger partial charge is 0.307 e. The van der Waals surface area contributed by atoms with Gasteiger partial charge in [0.05, 0.1) is 18.1 Å². The number of hydrogen-bond donors (Lipinski definition) is 2. The summed E-state index contributed by atoms with van der Waals surface area (Å²) in [5.41, 5.74) is 5.06. The van der Waals surface area contributed by atoms with Gasteiger partial charge < -0.3 is 10.8 Å². The topological polar surface area (TPSA) is 87.1 Å². The quantitative estimate of drug-likeness (QED) is 0.836. The predicted octanol–water partition coefficient (Wildman–Crippen LogP) is 1.58. The largest absolute Gasteiger partial charge is 0.481 e. The Morgan fingerprint density at radius 2 is 2.18 bits per heavy atom. The molecule has 0 amide bonds. The molecule has 0 aliphatic carbocycles. The molecule has 0 spiro atoms. The van der Waals surface area contributed by atoms with Crippen molar-refractivity contribution in [3.63, 3.8) is 0 Å². The molecule has 0 unspecified atom stereocenters. The molecule has 0 aliphatic rings. The Hall–Kier alpha value is -2.00. The number of halogens is 2. The van der Waals surface area contributed by atoms with Crippen molar-refractivity contribution >= 4 is 5.97 Å². The maximum Gasteiger partial charge on any atom is 0.307 e. The maximum atomic E-state index is 12.8. The molecule has 0 aliphatic heterocycles. The molecule has 90 valence electrons. The Bertz CT molecular complexity index is 481. The summed E-state index contributed by atoms with van der Waals surface area (Å²) in [6.45, 7) is 0.0156. The molecule has 0 saturated heterocycles. The van der Waals surface area contributed by atoms with Crippen molar-refractivity contribution in [3.05, 3.63) is 34.4 Å². The molecule has 0 saturated carbocycles. The second-order valence-corrected chi connectivity index (χ2v) is 3.40. The summed E-state index contributed by atoms with van der Waals surface area (Å²) in [6.07, 6.45) is -3.43. The fraction of sp³-hybridized carbons (Fsp3) is 0.273. The van der Waals surface area contributed by atoms with Gasteiger partial charge in [0.2, 0.25) is 0 Å². The number of carboxylic acids is 1. The molecule has 0 heterocycles. The molecule has 1 aromatic carbocycles. The monoisotopic (exact) mass is 240 g/mol. The van der Waals surface area contributed by atoms with Crippen molar-refractivity contribution in [1.82, 2.24) is 0 Å². The molecule has 1 aromatic rings. The molecule has 4 nitrogen and oxygen atoms in total. The van der Waals surface area contributed by atoms with Crippen molar-refractivity contribution in [1.29, 1.82) is 5.26 Å². The number of benzene rings is 1.